The third kappa shape index (κ3) is 6.45. The Morgan fingerprint density at radius 2 is 1.92 bits per heavy atom. The van der Waals surface area contributed by atoms with E-state index >= 15 is 0 Å². The Labute approximate surface area is 156 Å². The molecular weight excluding hydrogens is 324 g/mol. The molecule has 140 valence electrons. The molecule has 0 saturated carbocycles. The Hall–Kier alpha value is -1.88. The van der Waals surface area contributed by atoms with E-state index in [9.17, 15) is 0 Å². The van der Waals surface area contributed by atoms with Crippen molar-refractivity contribution in [1.29, 1.82) is 0 Å². The van der Waals surface area contributed by atoms with Crippen LogP contribution in [0, 0.1) is 0 Å². The Morgan fingerprint density at radius 1 is 1.12 bits per heavy atom. The summed E-state index contributed by atoms with van der Waals surface area (Å²) in [7, 11) is 0. The number of hydrogen-bond acceptors (Lipinski definition) is 4. The van der Waals surface area contributed by atoms with Crippen LogP contribution in [0.2, 0.25) is 0 Å². The zero-order chi connectivity index (χ0) is 18.0. The van der Waals surface area contributed by atoms with Gasteiger partial charge in [0.25, 0.3) is 0 Å². The molecule has 0 bridgehead atoms. The van der Waals surface area contributed by atoms with Gasteiger partial charge in [-0.2, -0.15) is 0 Å². The van der Waals surface area contributed by atoms with E-state index in [1.54, 1.807) is 0 Å². The second-order valence-electron chi connectivity index (χ2n) is 6.99. The molecule has 1 aliphatic heterocycles. The minimum absolute atomic E-state index is 0.479. The topological polar surface area (TPSA) is 42.5 Å². The van der Waals surface area contributed by atoms with Gasteiger partial charge in [-0.3, -0.25) is 0 Å². The molecule has 2 N–H and O–H groups in total. The van der Waals surface area contributed by atoms with Gasteiger partial charge in [0.2, 0.25) is 0 Å². The monoisotopic (exact) mass is 354 g/mol. The van der Waals surface area contributed by atoms with Gasteiger partial charge in [-0.25, -0.2) is 0 Å². The molecule has 1 fully saturated rings. The summed E-state index contributed by atoms with van der Waals surface area (Å²) in [5.74, 6) is 0.919. The second-order valence-corrected chi connectivity index (χ2v) is 6.99. The van der Waals surface area contributed by atoms with Gasteiger partial charge >= 0.3 is 0 Å². The van der Waals surface area contributed by atoms with Crippen LogP contribution in [0.25, 0.3) is 0 Å². The van der Waals surface area contributed by atoms with Crippen LogP contribution < -0.4 is 15.4 Å². The van der Waals surface area contributed by atoms with Crippen molar-refractivity contribution in [2.75, 3.05) is 26.3 Å². The number of benzene rings is 2. The molecule has 2 aromatic carbocycles. The minimum atomic E-state index is 0.479. The van der Waals surface area contributed by atoms with E-state index in [2.05, 4.69) is 54.0 Å². The van der Waals surface area contributed by atoms with Crippen LogP contribution in [0.3, 0.4) is 0 Å². The van der Waals surface area contributed by atoms with E-state index in [1.165, 1.54) is 11.1 Å². The fourth-order valence-corrected chi connectivity index (χ4v) is 3.24. The molecule has 4 nitrogen and oxygen atoms in total. The van der Waals surface area contributed by atoms with Crippen molar-refractivity contribution < 1.29 is 9.47 Å². The summed E-state index contributed by atoms with van der Waals surface area (Å²) in [4.78, 5) is 0. The minimum Gasteiger partial charge on any atom is -0.489 e. The lowest BCUT2D eigenvalue weighted by Gasteiger charge is -2.26. The largest absolute Gasteiger partial charge is 0.489 e. The average molecular weight is 354 g/mol. The van der Waals surface area contributed by atoms with E-state index in [0.717, 1.165) is 44.9 Å². The molecule has 0 spiro atoms. The SMILES string of the molecule is CC(CC1COCCN1)NCCc1ccc(OCc2ccccc2)cc1. The normalized spacial score (nSPS) is 18.4. The van der Waals surface area contributed by atoms with Gasteiger partial charge in [-0.05, 0) is 49.6 Å². The Kier molecular flexibility index (Phi) is 7.50. The van der Waals surface area contributed by atoms with E-state index in [4.69, 9.17) is 9.47 Å². The smallest absolute Gasteiger partial charge is 0.119 e. The van der Waals surface area contributed by atoms with Crippen molar-refractivity contribution in [1.82, 2.24) is 10.6 Å². The lowest BCUT2D eigenvalue weighted by Crippen LogP contribution is -2.45. The van der Waals surface area contributed by atoms with Crippen LogP contribution in [-0.2, 0) is 17.8 Å². The highest BCUT2D eigenvalue weighted by Gasteiger charge is 2.15. The van der Waals surface area contributed by atoms with Gasteiger partial charge in [0.1, 0.15) is 12.4 Å². The molecule has 0 radical (unpaired) electrons. The van der Waals surface area contributed by atoms with E-state index in [1.807, 2.05) is 18.2 Å². The van der Waals surface area contributed by atoms with Crippen LogP contribution >= 0.6 is 0 Å². The maximum absolute atomic E-state index is 5.84. The fourth-order valence-electron chi connectivity index (χ4n) is 3.24. The van der Waals surface area contributed by atoms with Crippen LogP contribution in [-0.4, -0.2) is 38.4 Å². The maximum Gasteiger partial charge on any atom is 0.119 e. The number of morpholine rings is 1. The van der Waals surface area contributed by atoms with Gasteiger partial charge in [0, 0.05) is 18.6 Å². The first-order chi connectivity index (χ1) is 12.8. The molecule has 1 aliphatic rings. The molecule has 0 aromatic heterocycles. The molecule has 2 aromatic rings. The third-order valence-electron chi connectivity index (χ3n) is 4.71. The highest BCUT2D eigenvalue weighted by molar-refractivity contribution is 5.28. The van der Waals surface area contributed by atoms with Crippen LogP contribution in [0.1, 0.15) is 24.5 Å². The van der Waals surface area contributed by atoms with E-state index < -0.39 is 0 Å². The molecule has 2 atom stereocenters. The Balaban J connectivity index is 1.34. The molecule has 0 amide bonds. The van der Waals surface area contributed by atoms with Gasteiger partial charge < -0.3 is 20.1 Å². The number of ether oxygens (including phenoxy) is 2. The van der Waals surface area contributed by atoms with E-state index in [-0.39, 0.29) is 0 Å². The summed E-state index contributed by atoms with van der Waals surface area (Å²) in [6.07, 6.45) is 2.13. The first kappa shape index (κ1) is 18.9. The van der Waals surface area contributed by atoms with Crippen molar-refractivity contribution >= 4 is 0 Å². The molecule has 0 aliphatic carbocycles. The summed E-state index contributed by atoms with van der Waals surface area (Å²) in [6, 6.07) is 19.6. The molecule has 1 saturated heterocycles. The van der Waals surface area contributed by atoms with Crippen molar-refractivity contribution in [3.63, 3.8) is 0 Å². The van der Waals surface area contributed by atoms with Gasteiger partial charge in [-0.15, -0.1) is 0 Å². The van der Waals surface area contributed by atoms with E-state index in [0.29, 0.717) is 18.7 Å². The molecule has 3 rings (SSSR count). The maximum atomic E-state index is 5.84. The summed E-state index contributed by atoms with van der Waals surface area (Å²) < 4.78 is 11.4. The zero-order valence-electron chi connectivity index (χ0n) is 15.6. The molecule has 2 unspecified atom stereocenters. The number of nitrogens with one attached hydrogen (secondary N) is 2. The summed E-state index contributed by atoms with van der Waals surface area (Å²) in [5.41, 5.74) is 2.52. The van der Waals surface area contributed by atoms with Crippen molar-refractivity contribution in [3.05, 3.63) is 65.7 Å². The second kappa shape index (κ2) is 10.3. The van der Waals surface area contributed by atoms with Crippen LogP contribution in [0.15, 0.2) is 54.6 Å². The first-order valence-electron chi connectivity index (χ1n) is 9.60. The first-order valence-corrected chi connectivity index (χ1v) is 9.60. The Morgan fingerprint density at radius 3 is 2.65 bits per heavy atom. The molecular formula is C22H30N2O2. The lowest BCUT2D eigenvalue weighted by atomic mass is 10.1. The van der Waals surface area contributed by atoms with Crippen LogP contribution in [0.4, 0.5) is 0 Å². The average Bonchev–Trinajstić information content (AvgIpc) is 2.69. The predicted molar refractivity (Wildman–Crippen MR) is 106 cm³/mol. The molecule has 1 heterocycles. The summed E-state index contributed by atoms with van der Waals surface area (Å²) in [6.45, 7) is 6.48. The quantitative estimate of drug-likeness (QED) is 0.726. The van der Waals surface area contributed by atoms with Crippen molar-refractivity contribution in [3.8, 4) is 5.75 Å². The summed E-state index contributed by atoms with van der Waals surface area (Å²) in [5, 5.41) is 7.12. The highest BCUT2D eigenvalue weighted by atomic mass is 16.5. The molecule has 26 heavy (non-hydrogen) atoms. The summed E-state index contributed by atoms with van der Waals surface area (Å²) >= 11 is 0. The standard InChI is InChI=1S/C22H30N2O2/c1-18(15-21-17-25-14-13-24-21)23-12-11-19-7-9-22(10-8-19)26-16-20-5-3-2-4-6-20/h2-10,18,21,23-24H,11-17H2,1H3. The zero-order valence-corrected chi connectivity index (χ0v) is 15.6. The number of rotatable bonds is 9. The lowest BCUT2D eigenvalue weighted by molar-refractivity contribution is 0.0713. The third-order valence-corrected chi connectivity index (χ3v) is 4.71. The fraction of sp³-hybridized carbons (Fsp3) is 0.455. The van der Waals surface area contributed by atoms with Crippen molar-refractivity contribution in [2.45, 2.75) is 38.5 Å². The van der Waals surface area contributed by atoms with Gasteiger partial charge in [0.05, 0.1) is 13.2 Å². The van der Waals surface area contributed by atoms with Crippen LogP contribution in [0.5, 0.6) is 5.75 Å². The molecule has 4 heteroatoms. The van der Waals surface area contributed by atoms with Crippen molar-refractivity contribution in [2.24, 2.45) is 0 Å². The predicted octanol–water partition coefficient (Wildman–Crippen LogP) is 3.16. The Bertz CT molecular complexity index is 624. The highest BCUT2D eigenvalue weighted by Crippen LogP contribution is 2.14. The van der Waals surface area contributed by atoms with Gasteiger partial charge in [-0.1, -0.05) is 42.5 Å². The number of hydrogen-bond donors (Lipinski definition) is 2. The van der Waals surface area contributed by atoms with Gasteiger partial charge in [0.15, 0.2) is 0 Å².